The molecule has 3 aromatic rings. The number of halogens is 1. The number of aromatic nitrogens is 1. The number of H-pyrrole nitrogens is 1. The molecule has 0 saturated carbocycles. The standard InChI is InChI=1S/C20H27N5O.HI/c1-21-20(24-14-18(25(2)3)19-9-6-12-26-19)22-11-10-15-13-23-17-8-5-4-7-16(15)17;/h4-9,12-13,18,23H,10-11,14H2,1-3H3,(H2,21,22,24);1H. The maximum absolute atomic E-state index is 5.55. The fourth-order valence-electron chi connectivity index (χ4n) is 3.09. The average molecular weight is 481 g/mol. The van der Waals surface area contributed by atoms with E-state index >= 15 is 0 Å². The zero-order valence-electron chi connectivity index (χ0n) is 16.0. The first kappa shape index (κ1) is 21.3. The SMILES string of the molecule is CN=C(NCCc1c[nH]c2ccccc12)NCC(c1ccco1)N(C)C.I. The molecule has 3 N–H and O–H groups in total. The largest absolute Gasteiger partial charge is 0.468 e. The Hall–Kier alpha value is -2.00. The maximum atomic E-state index is 5.55. The quantitative estimate of drug-likeness (QED) is 0.275. The van der Waals surface area contributed by atoms with Crippen LogP contribution in [-0.2, 0) is 6.42 Å². The number of aromatic amines is 1. The summed E-state index contributed by atoms with van der Waals surface area (Å²) in [4.78, 5) is 9.77. The van der Waals surface area contributed by atoms with Gasteiger partial charge in [-0.05, 0) is 44.3 Å². The van der Waals surface area contributed by atoms with Crippen LogP contribution >= 0.6 is 24.0 Å². The Labute approximate surface area is 177 Å². The van der Waals surface area contributed by atoms with Gasteiger partial charge in [0.25, 0.3) is 0 Å². The third-order valence-electron chi connectivity index (χ3n) is 4.54. The highest BCUT2D eigenvalue weighted by molar-refractivity contribution is 14.0. The van der Waals surface area contributed by atoms with E-state index in [-0.39, 0.29) is 30.0 Å². The highest BCUT2D eigenvalue weighted by Crippen LogP contribution is 2.18. The Kier molecular flexibility index (Phi) is 8.18. The smallest absolute Gasteiger partial charge is 0.191 e. The van der Waals surface area contributed by atoms with E-state index < -0.39 is 0 Å². The van der Waals surface area contributed by atoms with Crippen molar-refractivity contribution >= 4 is 40.8 Å². The summed E-state index contributed by atoms with van der Waals surface area (Å²) in [6.07, 6.45) is 4.72. The Bertz CT molecular complexity index is 841. The number of guanidine groups is 1. The van der Waals surface area contributed by atoms with E-state index in [1.54, 1.807) is 13.3 Å². The van der Waals surface area contributed by atoms with Crippen molar-refractivity contribution in [2.24, 2.45) is 4.99 Å². The van der Waals surface area contributed by atoms with Crippen LogP contribution < -0.4 is 10.6 Å². The van der Waals surface area contributed by atoms with Crippen LogP contribution in [0.1, 0.15) is 17.4 Å². The summed E-state index contributed by atoms with van der Waals surface area (Å²) in [5.41, 5.74) is 2.49. The molecule has 0 aliphatic heterocycles. The third kappa shape index (κ3) is 5.49. The van der Waals surface area contributed by atoms with Gasteiger partial charge in [-0.1, -0.05) is 18.2 Å². The van der Waals surface area contributed by atoms with Gasteiger partial charge in [0, 0.05) is 37.2 Å². The number of likely N-dealkylation sites (N-methyl/N-ethyl adjacent to an activating group) is 1. The molecule has 1 atom stereocenters. The fraction of sp³-hybridized carbons (Fsp3) is 0.350. The van der Waals surface area contributed by atoms with Crippen LogP contribution in [0.3, 0.4) is 0 Å². The first-order valence-corrected chi connectivity index (χ1v) is 8.88. The molecule has 0 amide bonds. The second-order valence-electron chi connectivity index (χ2n) is 6.48. The Morgan fingerprint density at radius 3 is 2.70 bits per heavy atom. The number of fused-ring (bicyclic) bond motifs is 1. The number of hydrogen-bond acceptors (Lipinski definition) is 3. The zero-order chi connectivity index (χ0) is 18.4. The van der Waals surface area contributed by atoms with Gasteiger partial charge in [0.05, 0.1) is 12.3 Å². The molecular weight excluding hydrogens is 453 g/mol. The van der Waals surface area contributed by atoms with E-state index in [4.69, 9.17) is 4.42 Å². The van der Waals surface area contributed by atoms with Gasteiger partial charge in [0.2, 0.25) is 0 Å². The number of nitrogens with zero attached hydrogens (tertiary/aromatic N) is 2. The van der Waals surface area contributed by atoms with Crippen LogP contribution in [0.5, 0.6) is 0 Å². The molecule has 0 aliphatic rings. The highest BCUT2D eigenvalue weighted by Gasteiger charge is 2.17. The molecular formula is C20H28IN5O. The Morgan fingerprint density at radius 2 is 2.00 bits per heavy atom. The lowest BCUT2D eigenvalue weighted by molar-refractivity contribution is 0.258. The molecule has 1 aromatic carbocycles. The van der Waals surface area contributed by atoms with Gasteiger partial charge in [-0.3, -0.25) is 9.89 Å². The van der Waals surface area contributed by atoms with E-state index in [9.17, 15) is 0 Å². The minimum Gasteiger partial charge on any atom is -0.468 e. The molecule has 2 heterocycles. The fourth-order valence-corrected chi connectivity index (χ4v) is 3.09. The molecule has 0 fully saturated rings. The van der Waals surface area contributed by atoms with E-state index in [0.29, 0.717) is 6.54 Å². The minimum absolute atomic E-state index is 0. The summed E-state index contributed by atoms with van der Waals surface area (Å²) in [6, 6.07) is 12.4. The Morgan fingerprint density at radius 1 is 1.19 bits per heavy atom. The number of aliphatic imine (C=N–C) groups is 1. The molecule has 27 heavy (non-hydrogen) atoms. The average Bonchev–Trinajstić information content (AvgIpc) is 3.30. The predicted molar refractivity (Wildman–Crippen MR) is 122 cm³/mol. The number of para-hydroxylation sites is 1. The van der Waals surface area contributed by atoms with Crippen molar-refractivity contribution < 1.29 is 4.42 Å². The van der Waals surface area contributed by atoms with Crippen molar-refractivity contribution in [1.82, 2.24) is 20.5 Å². The van der Waals surface area contributed by atoms with E-state index in [1.165, 1.54) is 16.5 Å². The summed E-state index contributed by atoms with van der Waals surface area (Å²) in [5, 5.41) is 8.05. The van der Waals surface area contributed by atoms with Crippen LogP contribution in [0.25, 0.3) is 10.9 Å². The van der Waals surface area contributed by atoms with Gasteiger partial charge >= 0.3 is 0 Å². The molecule has 2 aromatic heterocycles. The normalized spacial score (nSPS) is 12.8. The van der Waals surface area contributed by atoms with Crippen molar-refractivity contribution in [1.29, 1.82) is 0 Å². The summed E-state index contributed by atoms with van der Waals surface area (Å²) in [7, 11) is 5.88. The summed E-state index contributed by atoms with van der Waals surface area (Å²) in [5.74, 6) is 1.74. The van der Waals surface area contributed by atoms with Crippen molar-refractivity contribution in [3.8, 4) is 0 Å². The van der Waals surface area contributed by atoms with Gasteiger partial charge in [-0.15, -0.1) is 24.0 Å². The molecule has 146 valence electrons. The maximum Gasteiger partial charge on any atom is 0.191 e. The second kappa shape index (κ2) is 10.4. The lowest BCUT2D eigenvalue weighted by atomic mass is 10.1. The van der Waals surface area contributed by atoms with E-state index in [2.05, 4.69) is 49.9 Å². The zero-order valence-corrected chi connectivity index (χ0v) is 18.4. The molecule has 3 rings (SSSR count). The van der Waals surface area contributed by atoms with Crippen molar-refractivity contribution in [2.75, 3.05) is 34.2 Å². The summed E-state index contributed by atoms with van der Waals surface area (Å²) >= 11 is 0. The molecule has 0 spiro atoms. The molecule has 0 bridgehead atoms. The first-order valence-electron chi connectivity index (χ1n) is 8.88. The van der Waals surface area contributed by atoms with Crippen LogP contribution in [0.15, 0.2) is 58.3 Å². The number of benzene rings is 1. The molecule has 0 aliphatic carbocycles. The molecule has 0 radical (unpaired) electrons. The number of furan rings is 1. The monoisotopic (exact) mass is 481 g/mol. The van der Waals surface area contributed by atoms with Crippen LogP contribution in [-0.4, -0.2) is 50.1 Å². The molecule has 7 heteroatoms. The lowest BCUT2D eigenvalue weighted by Gasteiger charge is -2.23. The predicted octanol–water partition coefficient (Wildman–Crippen LogP) is 3.39. The van der Waals surface area contributed by atoms with E-state index in [1.807, 2.05) is 32.3 Å². The van der Waals surface area contributed by atoms with Crippen molar-refractivity contribution in [3.05, 3.63) is 60.2 Å². The molecule has 1 unspecified atom stereocenters. The highest BCUT2D eigenvalue weighted by atomic mass is 127. The van der Waals surface area contributed by atoms with E-state index in [0.717, 1.165) is 24.7 Å². The van der Waals surface area contributed by atoms with Gasteiger partial charge in [-0.2, -0.15) is 0 Å². The van der Waals surface area contributed by atoms with Gasteiger partial charge in [-0.25, -0.2) is 0 Å². The van der Waals surface area contributed by atoms with Gasteiger partial charge < -0.3 is 20.0 Å². The summed E-state index contributed by atoms with van der Waals surface area (Å²) < 4.78 is 5.55. The van der Waals surface area contributed by atoms with Gasteiger partial charge in [0.15, 0.2) is 5.96 Å². The first-order chi connectivity index (χ1) is 12.7. The van der Waals surface area contributed by atoms with Crippen molar-refractivity contribution in [2.45, 2.75) is 12.5 Å². The van der Waals surface area contributed by atoms with Crippen LogP contribution in [0, 0.1) is 0 Å². The number of nitrogens with one attached hydrogen (secondary N) is 3. The van der Waals surface area contributed by atoms with Crippen LogP contribution in [0.2, 0.25) is 0 Å². The third-order valence-corrected chi connectivity index (χ3v) is 4.54. The topological polar surface area (TPSA) is 68.6 Å². The van der Waals surface area contributed by atoms with Crippen molar-refractivity contribution in [3.63, 3.8) is 0 Å². The van der Waals surface area contributed by atoms with Gasteiger partial charge in [0.1, 0.15) is 5.76 Å². The molecule has 0 saturated heterocycles. The second-order valence-corrected chi connectivity index (χ2v) is 6.48. The summed E-state index contributed by atoms with van der Waals surface area (Å²) in [6.45, 7) is 1.53. The number of hydrogen-bond donors (Lipinski definition) is 3. The lowest BCUT2D eigenvalue weighted by Crippen LogP contribution is -2.42. The number of rotatable bonds is 7. The minimum atomic E-state index is 0. The molecule has 6 nitrogen and oxygen atoms in total. The van der Waals surface area contributed by atoms with Crippen LogP contribution in [0.4, 0.5) is 0 Å². The Balaban J connectivity index is 0.00000261.